The Morgan fingerprint density at radius 2 is 1.89 bits per heavy atom. The molecule has 1 heterocycles. The molecule has 0 saturated carbocycles. The van der Waals surface area contributed by atoms with Gasteiger partial charge in [-0.15, -0.1) is 24.0 Å². The summed E-state index contributed by atoms with van der Waals surface area (Å²) in [6.07, 6.45) is 1.38. The van der Waals surface area contributed by atoms with Crippen molar-refractivity contribution in [2.45, 2.75) is 39.3 Å². The summed E-state index contributed by atoms with van der Waals surface area (Å²) in [5.74, 6) is 0.221. The molecule has 0 atom stereocenters. The number of nitrogens with one attached hydrogen (secondary N) is 2. The number of amides is 2. The van der Waals surface area contributed by atoms with Crippen molar-refractivity contribution in [2.24, 2.45) is 4.99 Å². The number of rotatable bonds is 8. The summed E-state index contributed by atoms with van der Waals surface area (Å²) in [6, 6.07) is 6.46. The van der Waals surface area contributed by atoms with Gasteiger partial charge in [0, 0.05) is 38.0 Å². The Morgan fingerprint density at radius 1 is 1.21 bits per heavy atom. The molecule has 28 heavy (non-hydrogen) atoms. The minimum absolute atomic E-state index is 0. The summed E-state index contributed by atoms with van der Waals surface area (Å²) < 4.78 is 29.5. The Balaban J connectivity index is 0.00000392. The molecule has 10 heteroatoms. The van der Waals surface area contributed by atoms with E-state index in [1.165, 1.54) is 11.0 Å². The van der Waals surface area contributed by atoms with Gasteiger partial charge >= 0.3 is 6.61 Å². The van der Waals surface area contributed by atoms with E-state index < -0.39 is 6.61 Å². The lowest BCUT2D eigenvalue weighted by Crippen LogP contribution is -2.46. The van der Waals surface area contributed by atoms with Crippen molar-refractivity contribution >= 4 is 41.8 Å². The number of guanidine groups is 1. The van der Waals surface area contributed by atoms with E-state index in [2.05, 4.69) is 20.4 Å². The van der Waals surface area contributed by atoms with Crippen molar-refractivity contribution in [3.8, 4) is 5.75 Å². The van der Waals surface area contributed by atoms with Gasteiger partial charge in [-0.3, -0.25) is 14.5 Å². The number of likely N-dealkylation sites (tertiary alicyclic amines) is 1. The Morgan fingerprint density at radius 3 is 2.54 bits per heavy atom. The molecule has 1 aromatic rings. The number of ether oxygens (including phenoxy) is 1. The highest BCUT2D eigenvalue weighted by Gasteiger charge is 2.25. The Labute approximate surface area is 179 Å². The van der Waals surface area contributed by atoms with Crippen LogP contribution in [0, 0.1) is 0 Å². The summed E-state index contributed by atoms with van der Waals surface area (Å²) in [7, 11) is 0. The monoisotopic (exact) mass is 510 g/mol. The fraction of sp³-hybridized carbons (Fsp3) is 0.500. The van der Waals surface area contributed by atoms with Crippen molar-refractivity contribution in [3.05, 3.63) is 29.8 Å². The highest BCUT2D eigenvalue weighted by atomic mass is 127. The Kier molecular flexibility index (Phi) is 10.7. The summed E-state index contributed by atoms with van der Waals surface area (Å²) in [6.45, 7) is 0.331. The largest absolute Gasteiger partial charge is 0.434 e. The second kappa shape index (κ2) is 12.5. The number of aliphatic imine (C=N–C) groups is 1. The van der Waals surface area contributed by atoms with Gasteiger partial charge in [-0.05, 0) is 19.4 Å². The van der Waals surface area contributed by atoms with Gasteiger partial charge in [0.2, 0.25) is 11.8 Å². The highest BCUT2D eigenvalue weighted by Crippen LogP contribution is 2.20. The van der Waals surface area contributed by atoms with Crippen molar-refractivity contribution in [1.29, 1.82) is 0 Å². The van der Waals surface area contributed by atoms with Crippen LogP contribution < -0.4 is 15.4 Å². The van der Waals surface area contributed by atoms with E-state index >= 15 is 0 Å². The minimum atomic E-state index is -2.90. The number of nitrogens with zero attached hydrogens (tertiary/aromatic N) is 2. The van der Waals surface area contributed by atoms with Crippen LogP contribution in [0.4, 0.5) is 8.78 Å². The van der Waals surface area contributed by atoms with Crippen LogP contribution >= 0.6 is 24.0 Å². The quantitative estimate of drug-likeness (QED) is 0.243. The summed E-state index contributed by atoms with van der Waals surface area (Å²) >= 11 is 0. The van der Waals surface area contributed by atoms with E-state index in [-0.39, 0.29) is 54.6 Å². The molecule has 0 aromatic heterocycles. The van der Waals surface area contributed by atoms with E-state index in [1.54, 1.807) is 18.2 Å². The standard InChI is InChI=1S/C18H24F2N4O3.HI/c1-2-21-18(22-10-11-24-15(25)8-5-9-16(24)26)23-12-13-6-3-4-7-14(13)27-17(19)20;/h3-4,6-7,17H,2,5,8-12H2,1H3,(H2,21,22,23);1H. The third-order valence-corrected chi connectivity index (χ3v) is 3.95. The predicted molar refractivity (Wildman–Crippen MR) is 112 cm³/mol. The van der Waals surface area contributed by atoms with E-state index in [0.29, 0.717) is 43.9 Å². The van der Waals surface area contributed by atoms with Crippen LogP contribution in [0.25, 0.3) is 0 Å². The molecular weight excluding hydrogens is 485 g/mol. The topological polar surface area (TPSA) is 83.0 Å². The van der Waals surface area contributed by atoms with Crippen LogP contribution in [0.15, 0.2) is 29.3 Å². The molecular formula is C18H25F2IN4O3. The number of hydrogen-bond acceptors (Lipinski definition) is 4. The van der Waals surface area contributed by atoms with Crippen molar-refractivity contribution < 1.29 is 23.1 Å². The fourth-order valence-electron chi connectivity index (χ4n) is 2.69. The second-order valence-corrected chi connectivity index (χ2v) is 5.90. The van der Waals surface area contributed by atoms with Crippen LogP contribution in [-0.4, -0.2) is 48.9 Å². The molecule has 1 saturated heterocycles. The molecule has 2 N–H and O–H groups in total. The van der Waals surface area contributed by atoms with E-state index in [9.17, 15) is 18.4 Å². The normalized spacial score (nSPS) is 14.7. The first-order valence-corrected chi connectivity index (χ1v) is 8.89. The molecule has 1 aromatic carbocycles. The van der Waals surface area contributed by atoms with Gasteiger partial charge < -0.3 is 15.4 Å². The lowest BCUT2D eigenvalue weighted by Gasteiger charge is -2.25. The number of carbonyl (C=O) groups excluding carboxylic acids is 2. The average Bonchev–Trinajstić information content (AvgIpc) is 2.62. The van der Waals surface area contributed by atoms with Gasteiger partial charge in [-0.25, -0.2) is 4.99 Å². The zero-order valence-electron chi connectivity index (χ0n) is 15.6. The van der Waals surface area contributed by atoms with E-state index in [4.69, 9.17) is 0 Å². The fourth-order valence-corrected chi connectivity index (χ4v) is 2.69. The van der Waals surface area contributed by atoms with E-state index in [0.717, 1.165) is 0 Å². The van der Waals surface area contributed by atoms with Crippen LogP contribution in [0.2, 0.25) is 0 Å². The van der Waals surface area contributed by atoms with Gasteiger partial charge in [0.1, 0.15) is 5.75 Å². The molecule has 156 valence electrons. The maximum Gasteiger partial charge on any atom is 0.387 e. The lowest BCUT2D eigenvalue weighted by molar-refractivity contribution is -0.147. The SMILES string of the molecule is CCNC(=NCc1ccccc1OC(F)F)NCCN1C(=O)CCCC1=O.I. The molecule has 1 fully saturated rings. The summed E-state index contributed by atoms with van der Waals surface area (Å²) in [5, 5.41) is 6.08. The van der Waals surface area contributed by atoms with Gasteiger partial charge in [0.05, 0.1) is 6.54 Å². The van der Waals surface area contributed by atoms with Crippen molar-refractivity contribution in [2.75, 3.05) is 19.6 Å². The first-order chi connectivity index (χ1) is 13.0. The summed E-state index contributed by atoms with van der Waals surface area (Å²) in [4.78, 5) is 29.2. The second-order valence-electron chi connectivity index (χ2n) is 5.90. The molecule has 0 aliphatic carbocycles. The van der Waals surface area contributed by atoms with E-state index in [1.807, 2.05) is 6.92 Å². The third kappa shape index (κ3) is 7.56. The number of imide groups is 1. The molecule has 1 aliphatic rings. The maximum absolute atomic E-state index is 12.5. The molecule has 0 spiro atoms. The van der Waals surface area contributed by atoms with Crippen LogP contribution in [-0.2, 0) is 16.1 Å². The number of alkyl halides is 2. The van der Waals surface area contributed by atoms with Crippen LogP contribution in [0.3, 0.4) is 0 Å². The minimum Gasteiger partial charge on any atom is -0.434 e. The van der Waals surface area contributed by atoms with Gasteiger partial charge in [-0.1, -0.05) is 18.2 Å². The number of hydrogen-bond donors (Lipinski definition) is 2. The van der Waals surface area contributed by atoms with Crippen LogP contribution in [0.1, 0.15) is 31.7 Å². The number of benzene rings is 1. The Hall–Kier alpha value is -1.98. The number of piperidine rings is 1. The van der Waals surface area contributed by atoms with Crippen molar-refractivity contribution in [1.82, 2.24) is 15.5 Å². The highest BCUT2D eigenvalue weighted by molar-refractivity contribution is 14.0. The Bertz CT molecular complexity index is 673. The third-order valence-electron chi connectivity index (χ3n) is 3.95. The van der Waals surface area contributed by atoms with Crippen LogP contribution in [0.5, 0.6) is 5.75 Å². The number of halogens is 3. The smallest absolute Gasteiger partial charge is 0.387 e. The maximum atomic E-state index is 12.5. The molecule has 0 unspecified atom stereocenters. The first-order valence-electron chi connectivity index (χ1n) is 8.89. The number of para-hydroxylation sites is 1. The molecule has 1 aliphatic heterocycles. The lowest BCUT2D eigenvalue weighted by atomic mass is 10.1. The van der Waals surface area contributed by atoms with Gasteiger partial charge in [0.15, 0.2) is 5.96 Å². The molecule has 0 radical (unpaired) electrons. The molecule has 7 nitrogen and oxygen atoms in total. The zero-order chi connectivity index (χ0) is 19.6. The molecule has 2 amide bonds. The molecule has 2 rings (SSSR count). The van der Waals surface area contributed by atoms with Crippen molar-refractivity contribution in [3.63, 3.8) is 0 Å². The predicted octanol–water partition coefficient (Wildman–Crippen LogP) is 2.50. The summed E-state index contributed by atoms with van der Waals surface area (Å²) in [5.41, 5.74) is 0.524. The van der Waals surface area contributed by atoms with Gasteiger partial charge in [-0.2, -0.15) is 8.78 Å². The van der Waals surface area contributed by atoms with Gasteiger partial charge in [0.25, 0.3) is 0 Å². The first kappa shape index (κ1) is 24.1. The number of carbonyl (C=O) groups is 2. The molecule has 0 bridgehead atoms. The average molecular weight is 510 g/mol. The zero-order valence-corrected chi connectivity index (χ0v) is 18.0.